The second kappa shape index (κ2) is 4.85. The number of hydrogen-bond acceptors (Lipinski definition) is 2. The molecule has 0 saturated heterocycles. The molecule has 0 spiro atoms. The highest BCUT2D eigenvalue weighted by molar-refractivity contribution is 6.32. The van der Waals surface area contributed by atoms with Gasteiger partial charge in [-0.25, -0.2) is 0 Å². The largest absolute Gasteiger partial charge is 0.434 e. The van der Waals surface area contributed by atoms with Crippen LogP contribution in [-0.4, -0.2) is 9.78 Å². The molecular weight excluding hydrogens is 259 g/mol. The molecule has 0 saturated carbocycles. The van der Waals surface area contributed by atoms with E-state index in [1.807, 2.05) is 0 Å². The number of halogens is 4. The monoisotopic (exact) mass is 267 g/mol. The second-order valence-corrected chi connectivity index (χ2v) is 3.91. The van der Waals surface area contributed by atoms with E-state index in [9.17, 15) is 13.2 Å². The molecule has 5 nitrogen and oxygen atoms in total. The summed E-state index contributed by atoms with van der Waals surface area (Å²) in [5.74, 6) is 0. The van der Waals surface area contributed by atoms with E-state index in [1.165, 1.54) is 0 Å². The highest BCUT2D eigenvalue weighted by Crippen LogP contribution is 2.37. The number of rotatable bonds is 3. The van der Waals surface area contributed by atoms with Gasteiger partial charge in [-0.05, 0) is 19.4 Å². The van der Waals surface area contributed by atoms with Crippen molar-refractivity contribution in [3.8, 4) is 0 Å². The smallest absolute Gasteiger partial charge is 0.256 e. The third-order valence-corrected chi connectivity index (χ3v) is 2.36. The molecule has 0 aliphatic heterocycles. The van der Waals surface area contributed by atoms with Gasteiger partial charge in [0.2, 0.25) is 0 Å². The molecule has 0 aliphatic carbocycles. The van der Waals surface area contributed by atoms with Gasteiger partial charge in [0.15, 0.2) is 5.69 Å². The Labute approximate surface area is 99.8 Å². The quantitative estimate of drug-likeness (QED) is 0.464. The van der Waals surface area contributed by atoms with Crippen LogP contribution in [0, 0.1) is 0 Å². The van der Waals surface area contributed by atoms with Gasteiger partial charge in [-0.1, -0.05) is 16.7 Å². The molecule has 1 aromatic rings. The van der Waals surface area contributed by atoms with Gasteiger partial charge in [-0.3, -0.25) is 4.68 Å². The van der Waals surface area contributed by atoms with Crippen LogP contribution in [0.3, 0.4) is 0 Å². The van der Waals surface area contributed by atoms with Crippen molar-refractivity contribution >= 4 is 11.6 Å². The Morgan fingerprint density at radius 2 is 2.12 bits per heavy atom. The van der Waals surface area contributed by atoms with E-state index in [0.29, 0.717) is 0 Å². The van der Waals surface area contributed by atoms with Crippen molar-refractivity contribution in [3.63, 3.8) is 0 Å². The van der Waals surface area contributed by atoms with Gasteiger partial charge in [0, 0.05) is 11.0 Å². The first-order chi connectivity index (χ1) is 7.79. The van der Waals surface area contributed by atoms with Gasteiger partial charge in [-0.15, -0.1) is 0 Å². The maximum atomic E-state index is 12.8. The predicted molar refractivity (Wildman–Crippen MR) is 55.5 cm³/mol. The zero-order chi connectivity index (χ0) is 13.2. The molecule has 0 atom stereocenters. The van der Waals surface area contributed by atoms with Gasteiger partial charge in [0.05, 0.1) is 17.3 Å². The summed E-state index contributed by atoms with van der Waals surface area (Å²) in [5, 5.41) is 6.35. The molecule has 94 valence electrons. The molecular formula is C8H9ClF3N5. The van der Waals surface area contributed by atoms with Crippen LogP contribution < -0.4 is 0 Å². The number of aromatic nitrogens is 2. The van der Waals surface area contributed by atoms with Crippen LogP contribution in [0.5, 0.6) is 0 Å². The van der Waals surface area contributed by atoms with E-state index in [-0.39, 0.29) is 12.2 Å². The summed E-state index contributed by atoms with van der Waals surface area (Å²) in [7, 11) is 0. The van der Waals surface area contributed by atoms with Crippen LogP contribution in [0.15, 0.2) is 5.11 Å². The molecule has 1 rings (SSSR count). The summed E-state index contributed by atoms with van der Waals surface area (Å²) in [4.78, 5) is 2.45. The van der Waals surface area contributed by atoms with E-state index >= 15 is 0 Å². The maximum absolute atomic E-state index is 12.8. The normalized spacial score (nSPS) is 11.7. The minimum absolute atomic E-state index is 0.0782. The van der Waals surface area contributed by atoms with Gasteiger partial charge in [0.1, 0.15) is 0 Å². The Morgan fingerprint density at radius 3 is 2.47 bits per heavy atom. The van der Waals surface area contributed by atoms with Crippen molar-refractivity contribution in [3.05, 3.63) is 26.9 Å². The van der Waals surface area contributed by atoms with Gasteiger partial charge >= 0.3 is 6.18 Å². The summed E-state index contributed by atoms with van der Waals surface area (Å²) in [6, 6.07) is -0.496. The molecule has 0 aliphatic rings. The standard InChI is InChI=1S/C8H9ClF3N5/c1-4(2)17-7(8(10,11)12)6(9)5(15-17)3-14-16-13/h4H,3H2,1-2H3. The summed E-state index contributed by atoms with van der Waals surface area (Å²) in [6.07, 6.45) is -4.59. The number of alkyl halides is 3. The minimum Gasteiger partial charge on any atom is -0.256 e. The number of nitrogens with zero attached hydrogens (tertiary/aromatic N) is 5. The van der Waals surface area contributed by atoms with Gasteiger partial charge in [-0.2, -0.15) is 18.3 Å². The summed E-state index contributed by atoms with van der Waals surface area (Å²) in [6.45, 7) is 2.80. The van der Waals surface area contributed by atoms with Crippen LogP contribution >= 0.6 is 11.6 Å². The van der Waals surface area contributed by atoms with Crippen molar-refractivity contribution < 1.29 is 13.2 Å². The van der Waals surface area contributed by atoms with E-state index in [4.69, 9.17) is 17.1 Å². The summed E-state index contributed by atoms with van der Waals surface area (Å²) in [5.41, 5.74) is 7.03. The van der Waals surface area contributed by atoms with Crippen LogP contribution in [0.2, 0.25) is 5.02 Å². The topological polar surface area (TPSA) is 66.6 Å². The number of azide groups is 1. The van der Waals surface area contributed by atoms with Crippen LogP contribution in [0.4, 0.5) is 13.2 Å². The Morgan fingerprint density at radius 1 is 1.53 bits per heavy atom. The average Bonchev–Trinajstić information content (AvgIpc) is 2.52. The van der Waals surface area contributed by atoms with Crippen molar-refractivity contribution in [1.82, 2.24) is 9.78 Å². The fourth-order valence-corrected chi connectivity index (χ4v) is 1.58. The average molecular weight is 268 g/mol. The highest BCUT2D eigenvalue weighted by Gasteiger charge is 2.40. The fourth-order valence-electron chi connectivity index (χ4n) is 1.29. The molecule has 9 heteroatoms. The molecule has 1 aromatic heterocycles. The Bertz CT molecular complexity index is 458. The molecule has 0 unspecified atom stereocenters. The molecule has 1 heterocycles. The lowest BCUT2D eigenvalue weighted by Gasteiger charge is -2.13. The first kappa shape index (κ1) is 13.7. The van der Waals surface area contributed by atoms with E-state index in [1.54, 1.807) is 13.8 Å². The van der Waals surface area contributed by atoms with E-state index in [2.05, 4.69) is 15.1 Å². The molecule has 0 radical (unpaired) electrons. The first-order valence-electron chi connectivity index (χ1n) is 4.64. The molecule has 0 aromatic carbocycles. The molecule has 0 N–H and O–H groups in total. The van der Waals surface area contributed by atoms with Crippen molar-refractivity contribution in [1.29, 1.82) is 0 Å². The van der Waals surface area contributed by atoms with Crippen molar-refractivity contribution in [2.24, 2.45) is 5.11 Å². The summed E-state index contributed by atoms with van der Waals surface area (Å²) < 4.78 is 39.1. The summed E-state index contributed by atoms with van der Waals surface area (Å²) >= 11 is 5.61. The predicted octanol–water partition coefficient (Wildman–Crippen LogP) is 3.95. The third-order valence-electron chi connectivity index (χ3n) is 1.96. The van der Waals surface area contributed by atoms with E-state index in [0.717, 1.165) is 4.68 Å². The molecule has 0 amide bonds. The van der Waals surface area contributed by atoms with Crippen molar-refractivity contribution in [2.75, 3.05) is 0 Å². The lowest BCUT2D eigenvalue weighted by Crippen LogP contribution is -2.16. The van der Waals surface area contributed by atoms with Gasteiger partial charge in [0.25, 0.3) is 0 Å². The van der Waals surface area contributed by atoms with Gasteiger partial charge < -0.3 is 0 Å². The van der Waals surface area contributed by atoms with Crippen LogP contribution in [0.25, 0.3) is 10.4 Å². The van der Waals surface area contributed by atoms with Crippen molar-refractivity contribution in [2.45, 2.75) is 32.6 Å². The molecule has 0 bridgehead atoms. The molecule has 0 fully saturated rings. The minimum atomic E-state index is -4.59. The molecule has 17 heavy (non-hydrogen) atoms. The zero-order valence-electron chi connectivity index (χ0n) is 9.03. The maximum Gasteiger partial charge on any atom is 0.434 e. The second-order valence-electron chi connectivity index (χ2n) is 3.53. The Hall–Kier alpha value is -1.40. The Balaban J connectivity index is 3.35. The van der Waals surface area contributed by atoms with Crippen LogP contribution in [0.1, 0.15) is 31.3 Å². The lowest BCUT2D eigenvalue weighted by molar-refractivity contribution is -0.144. The first-order valence-corrected chi connectivity index (χ1v) is 5.01. The third kappa shape index (κ3) is 2.83. The van der Waals surface area contributed by atoms with Crippen LogP contribution in [-0.2, 0) is 12.7 Å². The highest BCUT2D eigenvalue weighted by atomic mass is 35.5. The lowest BCUT2D eigenvalue weighted by atomic mass is 10.3. The number of hydrogen-bond donors (Lipinski definition) is 0. The fraction of sp³-hybridized carbons (Fsp3) is 0.625. The zero-order valence-corrected chi connectivity index (χ0v) is 9.79. The SMILES string of the molecule is CC(C)n1nc(CN=[N+]=[N-])c(Cl)c1C(F)(F)F. The van der Waals surface area contributed by atoms with E-state index < -0.39 is 22.9 Å². The Kier molecular flexibility index (Phi) is 3.90.